The fourth-order valence-corrected chi connectivity index (χ4v) is 4.98. The Morgan fingerprint density at radius 1 is 1.16 bits per heavy atom. The summed E-state index contributed by atoms with van der Waals surface area (Å²) in [5, 5.41) is 3.31. The summed E-state index contributed by atoms with van der Waals surface area (Å²) in [6.07, 6.45) is 8.16. The number of benzene rings is 2. The minimum absolute atomic E-state index is 0.0587. The average molecular weight is 521 g/mol. The molecule has 4 aromatic rings. The van der Waals surface area contributed by atoms with Gasteiger partial charge in [0.2, 0.25) is 0 Å². The smallest absolute Gasteiger partial charge is 0.387 e. The summed E-state index contributed by atoms with van der Waals surface area (Å²) in [5.74, 6) is 1.31. The standard InChI is InChI=1S/C28H30F2N6O2/c1-18-16-21(4-7-23(18)27(37)35-13-9-19(8-11-31)10-14-35)34-25-26-33-17-24(36(26)15-12-32-25)20-2-5-22(6-3-20)38-28(29)30/h2-7,12,15-17,19,28H,8-11,13-14,31H2,1H3,(H,32,34). The summed E-state index contributed by atoms with van der Waals surface area (Å²) in [6.45, 7) is 1.29. The Bertz CT molecular complexity index is 1410. The average Bonchev–Trinajstić information content (AvgIpc) is 3.34. The van der Waals surface area contributed by atoms with Crippen LogP contribution < -0.4 is 15.8 Å². The molecule has 1 fully saturated rings. The van der Waals surface area contributed by atoms with Gasteiger partial charge in [-0.25, -0.2) is 9.97 Å². The van der Waals surface area contributed by atoms with Gasteiger partial charge in [0.25, 0.3) is 5.91 Å². The molecule has 0 saturated carbocycles. The van der Waals surface area contributed by atoms with Crippen LogP contribution in [0.5, 0.6) is 5.75 Å². The number of alkyl halides is 2. The highest BCUT2D eigenvalue weighted by molar-refractivity contribution is 5.96. The summed E-state index contributed by atoms with van der Waals surface area (Å²) >= 11 is 0. The van der Waals surface area contributed by atoms with Crippen LogP contribution in [0.15, 0.2) is 61.1 Å². The van der Waals surface area contributed by atoms with E-state index >= 15 is 0 Å². The van der Waals surface area contributed by atoms with E-state index in [1.165, 1.54) is 12.1 Å². The number of amides is 1. The van der Waals surface area contributed by atoms with Crippen molar-refractivity contribution in [1.82, 2.24) is 19.3 Å². The van der Waals surface area contributed by atoms with Crippen LogP contribution in [0.1, 0.15) is 35.2 Å². The minimum atomic E-state index is -2.87. The molecule has 0 radical (unpaired) electrons. The molecule has 1 aliphatic heterocycles. The maximum absolute atomic E-state index is 13.2. The summed E-state index contributed by atoms with van der Waals surface area (Å²) in [7, 11) is 0. The van der Waals surface area contributed by atoms with Crippen LogP contribution in [0.4, 0.5) is 20.3 Å². The lowest BCUT2D eigenvalue weighted by Crippen LogP contribution is -2.39. The van der Waals surface area contributed by atoms with Crippen LogP contribution in [0.25, 0.3) is 16.9 Å². The fourth-order valence-electron chi connectivity index (χ4n) is 4.98. The number of nitrogens with one attached hydrogen (secondary N) is 1. The first kappa shape index (κ1) is 25.6. The van der Waals surface area contributed by atoms with Crippen LogP contribution >= 0.6 is 0 Å². The Morgan fingerprint density at radius 3 is 2.61 bits per heavy atom. The van der Waals surface area contributed by atoms with E-state index in [2.05, 4.69) is 20.0 Å². The molecular formula is C28H30F2N6O2. The monoisotopic (exact) mass is 520 g/mol. The number of carbonyl (C=O) groups is 1. The van der Waals surface area contributed by atoms with E-state index in [1.54, 1.807) is 30.7 Å². The number of rotatable bonds is 8. The molecule has 0 unspecified atom stereocenters. The number of aryl methyl sites for hydroxylation is 1. The highest BCUT2D eigenvalue weighted by Crippen LogP contribution is 2.28. The van der Waals surface area contributed by atoms with E-state index in [9.17, 15) is 13.6 Å². The third-order valence-electron chi connectivity index (χ3n) is 7.00. The molecule has 0 aliphatic carbocycles. The third-order valence-corrected chi connectivity index (χ3v) is 7.00. The maximum atomic E-state index is 13.2. The van der Waals surface area contributed by atoms with E-state index in [1.807, 2.05) is 34.4 Å². The van der Waals surface area contributed by atoms with Crippen LogP contribution in [-0.2, 0) is 0 Å². The zero-order valence-corrected chi connectivity index (χ0v) is 21.1. The number of carbonyl (C=O) groups excluding carboxylic acids is 1. The number of fused-ring (bicyclic) bond motifs is 1. The Morgan fingerprint density at radius 2 is 1.92 bits per heavy atom. The number of nitrogens with two attached hydrogens (primary N) is 1. The Hall–Kier alpha value is -4.05. The number of aromatic nitrogens is 3. The quantitative estimate of drug-likeness (QED) is 0.329. The molecule has 3 N–H and O–H groups in total. The first-order chi connectivity index (χ1) is 18.4. The predicted molar refractivity (Wildman–Crippen MR) is 142 cm³/mol. The van der Waals surface area contributed by atoms with E-state index < -0.39 is 6.61 Å². The van der Waals surface area contributed by atoms with Crippen molar-refractivity contribution in [3.63, 3.8) is 0 Å². The van der Waals surface area contributed by atoms with Crippen LogP contribution in [-0.4, -0.2) is 51.4 Å². The summed E-state index contributed by atoms with van der Waals surface area (Å²) in [6, 6.07) is 12.1. The molecular weight excluding hydrogens is 490 g/mol. The third kappa shape index (κ3) is 5.45. The molecule has 1 saturated heterocycles. The number of piperidine rings is 1. The summed E-state index contributed by atoms with van der Waals surface area (Å²) in [5.41, 5.74) is 10.2. The van der Waals surface area contributed by atoms with Crippen molar-refractivity contribution in [1.29, 1.82) is 0 Å². The van der Waals surface area contributed by atoms with Gasteiger partial charge in [-0.3, -0.25) is 9.20 Å². The van der Waals surface area contributed by atoms with Crippen molar-refractivity contribution in [3.05, 3.63) is 72.2 Å². The molecule has 3 heterocycles. The van der Waals surface area contributed by atoms with E-state index in [-0.39, 0.29) is 11.7 Å². The molecule has 5 rings (SSSR count). The molecule has 0 spiro atoms. The predicted octanol–water partition coefficient (Wildman–Crippen LogP) is 5.25. The number of hydrogen-bond acceptors (Lipinski definition) is 6. The van der Waals surface area contributed by atoms with Crippen LogP contribution in [0.2, 0.25) is 0 Å². The molecule has 1 aliphatic rings. The number of hydrogen-bond donors (Lipinski definition) is 2. The van der Waals surface area contributed by atoms with E-state index in [0.29, 0.717) is 29.5 Å². The summed E-state index contributed by atoms with van der Waals surface area (Å²) < 4.78 is 31.2. The van der Waals surface area contributed by atoms with Crippen molar-refractivity contribution in [3.8, 4) is 17.0 Å². The lowest BCUT2D eigenvalue weighted by molar-refractivity contribution is -0.0498. The SMILES string of the molecule is Cc1cc(Nc2nccn3c(-c4ccc(OC(F)F)cc4)cnc23)ccc1C(=O)N1CCC(CCN)CC1. The minimum Gasteiger partial charge on any atom is -0.435 e. The molecule has 10 heteroatoms. The zero-order valence-electron chi connectivity index (χ0n) is 21.1. The van der Waals surface area contributed by atoms with Crippen molar-refractivity contribution >= 4 is 23.1 Å². The number of nitrogens with zero attached hydrogens (tertiary/aromatic N) is 4. The number of imidazole rings is 1. The number of anilines is 2. The summed E-state index contributed by atoms with van der Waals surface area (Å²) in [4.78, 5) is 24.1. The van der Waals surface area contributed by atoms with Crippen molar-refractivity contribution in [2.75, 3.05) is 25.0 Å². The highest BCUT2D eigenvalue weighted by Gasteiger charge is 2.24. The maximum Gasteiger partial charge on any atom is 0.387 e. The Kier molecular flexibility index (Phi) is 7.50. The number of halogens is 2. The van der Waals surface area contributed by atoms with Gasteiger partial charge < -0.3 is 20.7 Å². The second-order valence-electron chi connectivity index (χ2n) is 9.48. The molecule has 198 valence electrons. The molecule has 8 nitrogen and oxygen atoms in total. The lowest BCUT2D eigenvalue weighted by Gasteiger charge is -2.32. The lowest BCUT2D eigenvalue weighted by atomic mass is 9.93. The van der Waals surface area contributed by atoms with Crippen LogP contribution in [0, 0.1) is 12.8 Å². The van der Waals surface area contributed by atoms with Gasteiger partial charge in [-0.15, -0.1) is 0 Å². The first-order valence-electron chi connectivity index (χ1n) is 12.7. The second-order valence-corrected chi connectivity index (χ2v) is 9.48. The molecule has 0 bridgehead atoms. The van der Waals surface area contributed by atoms with Gasteiger partial charge in [0.1, 0.15) is 5.75 Å². The van der Waals surface area contributed by atoms with E-state index in [4.69, 9.17) is 5.73 Å². The van der Waals surface area contributed by atoms with Crippen molar-refractivity contribution < 1.29 is 18.3 Å². The van der Waals surface area contributed by atoms with E-state index in [0.717, 1.165) is 54.9 Å². The molecule has 2 aromatic heterocycles. The number of likely N-dealkylation sites (tertiary alicyclic amines) is 1. The highest BCUT2D eigenvalue weighted by atomic mass is 19.3. The van der Waals surface area contributed by atoms with Gasteiger partial charge in [0.05, 0.1) is 11.9 Å². The molecule has 1 amide bonds. The van der Waals surface area contributed by atoms with Crippen molar-refractivity contribution in [2.24, 2.45) is 11.7 Å². The van der Waals surface area contributed by atoms with Gasteiger partial charge in [-0.2, -0.15) is 8.78 Å². The first-order valence-corrected chi connectivity index (χ1v) is 12.7. The zero-order chi connectivity index (χ0) is 26.6. The van der Waals surface area contributed by atoms with Gasteiger partial charge >= 0.3 is 6.61 Å². The Balaban J connectivity index is 1.32. The topological polar surface area (TPSA) is 97.8 Å². The van der Waals surface area contributed by atoms with Crippen LogP contribution in [0.3, 0.4) is 0 Å². The molecule has 2 aromatic carbocycles. The normalized spacial score (nSPS) is 14.3. The van der Waals surface area contributed by atoms with Gasteiger partial charge in [0, 0.05) is 42.3 Å². The fraction of sp³-hybridized carbons (Fsp3) is 0.321. The van der Waals surface area contributed by atoms with Gasteiger partial charge in [0.15, 0.2) is 11.5 Å². The Labute approximate surface area is 219 Å². The molecule has 0 atom stereocenters. The van der Waals surface area contributed by atoms with Gasteiger partial charge in [-0.1, -0.05) is 0 Å². The number of ether oxygens (including phenoxy) is 1. The van der Waals surface area contributed by atoms with Gasteiger partial charge in [-0.05, 0) is 86.7 Å². The second kappa shape index (κ2) is 11.1. The molecule has 38 heavy (non-hydrogen) atoms. The van der Waals surface area contributed by atoms with Crippen molar-refractivity contribution in [2.45, 2.75) is 32.8 Å². The largest absolute Gasteiger partial charge is 0.435 e.